The Labute approximate surface area is 88.6 Å². The first-order chi connectivity index (χ1) is 6.82. The molecule has 1 aromatic carbocycles. The summed E-state index contributed by atoms with van der Waals surface area (Å²) < 4.78 is 48.9. The number of hydrogen-bond acceptors (Lipinski definition) is 4. The Kier molecular flexibility index (Phi) is 3.58. The van der Waals surface area contributed by atoms with Gasteiger partial charge in [-0.2, -0.15) is 8.42 Å². The van der Waals surface area contributed by atoms with Crippen LogP contribution in [0.2, 0.25) is 0 Å². The molecule has 0 aromatic heterocycles. The van der Waals surface area contributed by atoms with Gasteiger partial charge in [-0.25, -0.2) is 4.21 Å². The molecule has 8 heteroatoms. The van der Waals surface area contributed by atoms with Crippen LogP contribution < -0.4 is 0 Å². The number of hydrogen-bond donors (Lipinski definition) is 3. The lowest BCUT2D eigenvalue weighted by Gasteiger charge is -2.06. The van der Waals surface area contributed by atoms with Gasteiger partial charge in [0.1, 0.15) is 0 Å². The van der Waals surface area contributed by atoms with Crippen molar-refractivity contribution in [3.05, 3.63) is 29.8 Å². The number of rotatable bonds is 3. The minimum Gasteiger partial charge on any atom is -0.373 e. The van der Waals surface area contributed by atoms with Gasteiger partial charge in [0.25, 0.3) is 10.1 Å². The number of benzene rings is 1. The lowest BCUT2D eigenvalue weighted by Crippen LogP contribution is -2.05. The molecule has 1 rings (SSSR count). The quantitative estimate of drug-likeness (QED) is 0.521. The molecule has 0 amide bonds. The molecule has 0 fully saturated rings. The summed E-state index contributed by atoms with van der Waals surface area (Å²) >= 11 is -2.45. The second-order valence-electron chi connectivity index (χ2n) is 2.67. The maximum Gasteiger partial charge on any atom is 0.294 e. The van der Waals surface area contributed by atoms with Gasteiger partial charge < -0.3 is 9.66 Å². The Bertz CT molecular complexity index is 463. The molecule has 0 spiro atoms. The maximum absolute atomic E-state index is 10.6. The van der Waals surface area contributed by atoms with Crippen molar-refractivity contribution in [1.82, 2.24) is 0 Å². The van der Waals surface area contributed by atoms with E-state index in [0.717, 1.165) is 24.3 Å². The molecular formula is C7H8O6S2. The lowest BCUT2D eigenvalue weighted by atomic mass is 10.2. The first kappa shape index (κ1) is 12.3. The zero-order chi connectivity index (χ0) is 11.6. The average molecular weight is 252 g/mol. The van der Waals surface area contributed by atoms with Gasteiger partial charge >= 0.3 is 0 Å². The van der Waals surface area contributed by atoms with Crippen LogP contribution in [0, 0.1) is 0 Å². The first-order valence-electron chi connectivity index (χ1n) is 3.67. The van der Waals surface area contributed by atoms with Crippen LogP contribution in [0.3, 0.4) is 0 Å². The van der Waals surface area contributed by atoms with Gasteiger partial charge in [0, 0.05) is 0 Å². The second-order valence-corrected chi connectivity index (χ2v) is 5.09. The van der Waals surface area contributed by atoms with Crippen LogP contribution in [0.4, 0.5) is 0 Å². The highest BCUT2D eigenvalue weighted by Crippen LogP contribution is 2.17. The molecule has 0 aliphatic heterocycles. The lowest BCUT2D eigenvalue weighted by molar-refractivity contribution is 0.251. The highest BCUT2D eigenvalue weighted by Gasteiger charge is 2.15. The second kappa shape index (κ2) is 4.37. The van der Waals surface area contributed by atoms with Crippen LogP contribution in [0.15, 0.2) is 29.2 Å². The van der Waals surface area contributed by atoms with E-state index >= 15 is 0 Å². The van der Waals surface area contributed by atoms with Gasteiger partial charge in [-0.15, -0.1) is 0 Å². The Morgan fingerprint density at radius 2 is 1.67 bits per heavy atom. The van der Waals surface area contributed by atoms with Crippen molar-refractivity contribution in [2.75, 3.05) is 0 Å². The molecule has 0 radical (unpaired) electrons. The molecule has 0 saturated carbocycles. The highest BCUT2D eigenvalue weighted by atomic mass is 32.2. The topological polar surface area (TPSA) is 112 Å². The van der Waals surface area contributed by atoms with Crippen LogP contribution in [-0.4, -0.2) is 26.8 Å². The zero-order valence-corrected chi connectivity index (χ0v) is 8.90. The average Bonchev–Trinajstić information content (AvgIpc) is 2.15. The van der Waals surface area contributed by atoms with E-state index in [0.29, 0.717) is 0 Å². The minimum atomic E-state index is -4.29. The van der Waals surface area contributed by atoms with E-state index in [1.165, 1.54) is 0 Å². The standard InChI is InChI=1S/C7H8O6S2/c8-7(14(9)10)5-1-3-6(4-2-5)15(11,12)13/h1-4,7-8H,(H,9,10)(H,11,12,13). The fourth-order valence-corrected chi connectivity index (χ4v) is 1.79. The van der Waals surface area contributed by atoms with Crippen LogP contribution >= 0.6 is 0 Å². The largest absolute Gasteiger partial charge is 0.373 e. The summed E-state index contributed by atoms with van der Waals surface area (Å²) in [6.07, 6.45) is 0. The molecular weight excluding hydrogens is 244 g/mol. The summed E-state index contributed by atoms with van der Waals surface area (Å²) in [5, 5.41) is 9.13. The van der Waals surface area contributed by atoms with Crippen molar-refractivity contribution >= 4 is 21.2 Å². The maximum atomic E-state index is 10.6. The summed E-state index contributed by atoms with van der Waals surface area (Å²) in [6, 6.07) is 4.34. The highest BCUT2D eigenvalue weighted by molar-refractivity contribution is 7.85. The van der Waals surface area contributed by atoms with E-state index in [1.54, 1.807) is 0 Å². The number of aliphatic hydroxyl groups excluding tert-OH is 1. The first-order valence-corrected chi connectivity index (χ1v) is 6.28. The predicted octanol–water partition coefficient (Wildman–Crippen LogP) is 0.146. The zero-order valence-electron chi connectivity index (χ0n) is 7.27. The van der Waals surface area contributed by atoms with E-state index in [9.17, 15) is 12.6 Å². The van der Waals surface area contributed by atoms with Crippen LogP contribution in [-0.2, 0) is 21.2 Å². The fraction of sp³-hybridized carbons (Fsp3) is 0.143. The summed E-state index contributed by atoms with van der Waals surface area (Å²) in [5.74, 6) is 0. The molecule has 0 aliphatic carbocycles. The molecule has 15 heavy (non-hydrogen) atoms. The van der Waals surface area contributed by atoms with Gasteiger partial charge in [0.05, 0.1) is 4.90 Å². The van der Waals surface area contributed by atoms with Crippen LogP contribution in [0.5, 0.6) is 0 Å². The predicted molar refractivity (Wildman–Crippen MR) is 52.0 cm³/mol. The van der Waals surface area contributed by atoms with E-state index in [2.05, 4.69) is 0 Å². The van der Waals surface area contributed by atoms with E-state index in [-0.39, 0.29) is 10.5 Å². The molecule has 0 saturated heterocycles. The van der Waals surface area contributed by atoms with Gasteiger partial charge in [-0.1, -0.05) is 12.1 Å². The third-order valence-corrected chi connectivity index (χ3v) is 3.18. The molecule has 3 N–H and O–H groups in total. The Balaban J connectivity index is 3.06. The Hall–Kier alpha value is -0.800. The van der Waals surface area contributed by atoms with Crippen molar-refractivity contribution in [3.63, 3.8) is 0 Å². The number of aliphatic hydroxyl groups is 1. The minimum absolute atomic E-state index is 0.0863. The van der Waals surface area contributed by atoms with Crippen LogP contribution in [0.1, 0.15) is 11.0 Å². The third kappa shape index (κ3) is 3.08. The van der Waals surface area contributed by atoms with Gasteiger partial charge in [-0.3, -0.25) is 4.55 Å². The van der Waals surface area contributed by atoms with Crippen molar-refractivity contribution in [3.8, 4) is 0 Å². The molecule has 6 nitrogen and oxygen atoms in total. The van der Waals surface area contributed by atoms with Crippen molar-refractivity contribution in [2.45, 2.75) is 10.3 Å². The normalized spacial score (nSPS) is 15.9. The summed E-state index contributed by atoms with van der Waals surface area (Å²) in [6.45, 7) is 0. The molecule has 0 heterocycles. The summed E-state index contributed by atoms with van der Waals surface area (Å²) in [7, 11) is -4.29. The third-order valence-electron chi connectivity index (χ3n) is 1.65. The van der Waals surface area contributed by atoms with Gasteiger partial charge in [-0.05, 0) is 17.7 Å². The van der Waals surface area contributed by atoms with Crippen molar-refractivity contribution in [1.29, 1.82) is 0 Å². The molecule has 2 unspecified atom stereocenters. The van der Waals surface area contributed by atoms with Crippen LogP contribution in [0.25, 0.3) is 0 Å². The monoisotopic (exact) mass is 252 g/mol. The van der Waals surface area contributed by atoms with E-state index in [4.69, 9.17) is 14.2 Å². The smallest absolute Gasteiger partial charge is 0.294 e. The van der Waals surface area contributed by atoms with Crippen molar-refractivity contribution < 1.29 is 26.8 Å². The van der Waals surface area contributed by atoms with Crippen molar-refractivity contribution in [2.24, 2.45) is 0 Å². The Morgan fingerprint density at radius 3 is 2.00 bits per heavy atom. The SMILES string of the molecule is O=S(O)C(O)c1ccc(S(=O)(=O)O)cc1. The summed E-state index contributed by atoms with van der Waals surface area (Å²) in [4.78, 5) is -0.345. The molecule has 0 bridgehead atoms. The fourth-order valence-electron chi connectivity index (χ4n) is 0.921. The summed E-state index contributed by atoms with van der Waals surface area (Å²) in [5.41, 5.74) is -1.51. The van der Waals surface area contributed by atoms with E-state index < -0.39 is 26.6 Å². The molecule has 84 valence electrons. The van der Waals surface area contributed by atoms with Gasteiger partial charge in [0.2, 0.25) is 0 Å². The molecule has 2 atom stereocenters. The van der Waals surface area contributed by atoms with Gasteiger partial charge in [0.15, 0.2) is 16.5 Å². The Morgan fingerprint density at radius 1 is 1.20 bits per heavy atom. The molecule has 0 aliphatic rings. The van der Waals surface area contributed by atoms with E-state index in [1.807, 2.05) is 0 Å². The molecule has 1 aromatic rings.